The summed E-state index contributed by atoms with van der Waals surface area (Å²) < 4.78 is 2.08. The van der Waals surface area contributed by atoms with Crippen molar-refractivity contribution in [2.24, 2.45) is 4.99 Å². The van der Waals surface area contributed by atoms with Gasteiger partial charge in [0.25, 0.3) is 0 Å². The van der Waals surface area contributed by atoms with Crippen LogP contribution in [0, 0.1) is 0 Å². The Morgan fingerprint density at radius 2 is 2.25 bits per heavy atom. The van der Waals surface area contributed by atoms with Gasteiger partial charge in [-0.2, -0.15) is 0 Å². The summed E-state index contributed by atoms with van der Waals surface area (Å²) in [5, 5.41) is 16.9. The molecule has 0 saturated carbocycles. The third-order valence-corrected chi connectivity index (χ3v) is 4.23. The minimum absolute atomic E-state index is 0. The van der Waals surface area contributed by atoms with Crippen LogP contribution >= 0.6 is 35.3 Å². The largest absolute Gasteiger partial charge is 0.355 e. The number of aryl methyl sites for hydroxylation is 1. The summed E-state index contributed by atoms with van der Waals surface area (Å²) in [6.07, 6.45) is 3.66. The van der Waals surface area contributed by atoms with Gasteiger partial charge in [-0.15, -0.1) is 45.5 Å². The second-order valence-corrected chi connectivity index (χ2v) is 6.61. The van der Waals surface area contributed by atoms with E-state index in [0.29, 0.717) is 6.04 Å². The molecule has 8 heteroatoms. The minimum atomic E-state index is 0. The lowest BCUT2D eigenvalue weighted by atomic mass is 10.3. The smallest absolute Gasteiger partial charge is 0.191 e. The average molecular weight is 462 g/mol. The maximum atomic E-state index is 4.66. The van der Waals surface area contributed by atoms with Gasteiger partial charge in [-0.3, -0.25) is 4.99 Å². The molecule has 6 nitrogen and oxygen atoms in total. The second-order valence-electron chi connectivity index (χ2n) is 5.58. The molecule has 0 atom stereocenters. The van der Waals surface area contributed by atoms with Crippen LogP contribution in [-0.4, -0.2) is 39.9 Å². The Hall–Kier alpha value is -1.16. The number of aromatic nitrogens is 3. The Bertz CT molecular complexity index is 593. The van der Waals surface area contributed by atoms with E-state index in [4.69, 9.17) is 0 Å². The summed E-state index contributed by atoms with van der Waals surface area (Å²) >= 11 is 1.78. The van der Waals surface area contributed by atoms with Gasteiger partial charge in [0, 0.05) is 43.4 Å². The van der Waals surface area contributed by atoms with E-state index in [9.17, 15) is 0 Å². The lowest BCUT2D eigenvalue weighted by Crippen LogP contribution is -2.42. The Kier molecular flexibility index (Phi) is 9.92. The molecular formula is C16H27IN6S. The summed E-state index contributed by atoms with van der Waals surface area (Å²) in [5.41, 5.74) is 0. The van der Waals surface area contributed by atoms with E-state index >= 15 is 0 Å². The van der Waals surface area contributed by atoms with Crippen LogP contribution in [0.25, 0.3) is 0 Å². The molecule has 0 unspecified atom stereocenters. The normalized spacial score (nSPS) is 11.4. The first-order valence-electron chi connectivity index (χ1n) is 8.13. The fraction of sp³-hybridized carbons (Fsp3) is 0.562. The first-order chi connectivity index (χ1) is 11.2. The van der Waals surface area contributed by atoms with Crippen LogP contribution in [0.3, 0.4) is 0 Å². The van der Waals surface area contributed by atoms with Crippen molar-refractivity contribution < 1.29 is 0 Å². The number of hydrogen-bond donors (Lipinski definition) is 2. The number of nitrogens with zero attached hydrogens (tertiary/aromatic N) is 4. The highest BCUT2D eigenvalue weighted by molar-refractivity contribution is 14.0. The minimum Gasteiger partial charge on any atom is -0.355 e. The standard InChI is InChI=1S/C16H26N6S.HI/c1-4-15-21-19-12-22(15)10-9-18-16(20-13(2)3)17-8-7-14-6-5-11-23-14;/h5-6,11-13H,4,7-10H2,1-3H3,(H2,17,18,20);1H. The summed E-state index contributed by atoms with van der Waals surface area (Å²) in [6, 6.07) is 4.59. The molecule has 0 fully saturated rings. The van der Waals surface area contributed by atoms with Crippen molar-refractivity contribution in [3.8, 4) is 0 Å². The van der Waals surface area contributed by atoms with E-state index in [0.717, 1.165) is 44.3 Å². The van der Waals surface area contributed by atoms with E-state index in [1.165, 1.54) is 4.88 Å². The molecule has 2 rings (SSSR count). The lowest BCUT2D eigenvalue weighted by Gasteiger charge is -2.15. The Morgan fingerprint density at radius 3 is 2.92 bits per heavy atom. The molecule has 2 N–H and O–H groups in total. The van der Waals surface area contributed by atoms with Crippen LogP contribution in [0.2, 0.25) is 0 Å². The van der Waals surface area contributed by atoms with Gasteiger partial charge < -0.3 is 15.2 Å². The van der Waals surface area contributed by atoms with E-state index < -0.39 is 0 Å². The van der Waals surface area contributed by atoms with Crippen molar-refractivity contribution in [1.82, 2.24) is 25.4 Å². The SMILES string of the molecule is CCc1nncn1CCNC(=NCCc1cccs1)NC(C)C.I. The number of rotatable bonds is 8. The Balaban J connectivity index is 0.00000288. The molecule has 2 aromatic rings. The second kappa shape index (κ2) is 11.4. The van der Waals surface area contributed by atoms with Gasteiger partial charge in [0.1, 0.15) is 12.2 Å². The topological polar surface area (TPSA) is 67.1 Å². The number of guanidine groups is 1. The Labute approximate surface area is 165 Å². The molecule has 24 heavy (non-hydrogen) atoms. The van der Waals surface area contributed by atoms with Crippen molar-refractivity contribution in [3.63, 3.8) is 0 Å². The highest BCUT2D eigenvalue weighted by atomic mass is 127. The van der Waals surface area contributed by atoms with Crippen molar-refractivity contribution >= 4 is 41.3 Å². The van der Waals surface area contributed by atoms with E-state index in [2.05, 4.69) is 68.7 Å². The van der Waals surface area contributed by atoms with Crippen molar-refractivity contribution in [3.05, 3.63) is 34.5 Å². The molecule has 2 aromatic heterocycles. The summed E-state index contributed by atoms with van der Waals surface area (Å²) in [4.78, 5) is 6.03. The zero-order valence-corrected chi connectivity index (χ0v) is 17.7. The number of nitrogens with one attached hydrogen (secondary N) is 2. The molecule has 0 bridgehead atoms. The lowest BCUT2D eigenvalue weighted by molar-refractivity contribution is 0.622. The predicted octanol–water partition coefficient (Wildman–Crippen LogP) is 2.71. The van der Waals surface area contributed by atoms with E-state index in [-0.39, 0.29) is 24.0 Å². The first-order valence-corrected chi connectivity index (χ1v) is 9.01. The molecule has 0 radical (unpaired) electrons. The number of aliphatic imine (C=N–C) groups is 1. The molecule has 0 spiro atoms. The molecular weight excluding hydrogens is 435 g/mol. The number of thiophene rings is 1. The van der Waals surface area contributed by atoms with Crippen molar-refractivity contribution in [2.45, 2.75) is 46.2 Å². The molecule has 0 saturated heterocycles. The number of halogens is 1. The van der Waals surface area contributed by atoms with Gasteiger partial charge in [0.2, 0.25) is 0 Å². The molecule has 0 aliphatic rings. The fourth-order valence-electron chi connectivity index (χ4n) is 2.19. The van der Waals surface area contributed by atoms with Crippen LogP contribution in [0.5, 0.6) is 0 Å². The third kappa shape index (κ3) is 7.16. The first kappa shape index (κ1) is 20.9. The maximum absolute atomic E-state index is 4.66. The van der Waals surface area contributed by atoms with Crippen LogP contribution in [-0.2, 0) is 19.4 Å². The summed E-state index contributed by atoms with van der Waals surface area (Å²) in [6.45, 7) is 8.74. The molecule has 0 amide bonds. The Morgan fingerprint density at radius 1 is 1.42 bits per heavy atom. The predicted molar refractivity (Wildman–Crippen MR) is 111 cm³/mol. The van der Waals surface area contributed by atoms with Crippen LogP contribution in [0.15, 0.2) is 28.8 Å². The molecule has 0 aliphatic carbocycles. The van der Waals surface area contributed by atoms with Gasteiger partial charge in [0.15, 0.2) is 5.96 Å². The highest BCUT2D eigenvalue weighted by Gasteiger charge is 2.04. The van der Waals surface area contributed by atoms with Gasteiger partial charge >= 0.3 is 0 Å². The zero-order valence-electron chi connectivity index (χ0n) is 14.5. The van der Waals surface area contributed by atoms with E-state index in [1.807, 2.05) is 0 Å². The van der Waals surface area contributed by atoms with Gasteiger partial charge in [-0.1, -0.05) is 13.0 Å². The summed E-state index contributed by atoms with van der Waals surface area (Å²) in [5.74, 6) is 1.88. The quantitative estimate of drug-likeness (QED) is 0.360. The number of hydrogen-bond acceptors (Lipinski definition) is 4. The van der Waals surface area contributed by atoms with Crippen molar-refractivity contribution in [1.29, 1.82) is 0 Å². The van der Waals surface area contributed by atoms with Gasteiger partial charge in [-0.25, -0.2) is 0 Å². The summed E-state index contributed by atoms with van der Waals surface area (Å²) in [7, 11) is 0. The average Bonchev–Trinajstić information content (AvgIpc) is 3.17. The molecule has 0 aliphatic heterocycles. The van der Waals surface area contributed by atoms with Crippen molar-refractivity contribution in [2.75, 3.05) is 13.1 Å². The third-order valence-electron chi connectivity index (χ3n) is 3.29. The van der Waals surface area contributed by atoms with Crippen LogP contribution < -0.4 is 10.6 Å². The monoisotopic (exact) mass is 462 g/mol. The molecule has 0 aromatic carbocycles. The highest BCUT2D eigenvalue weighted by Crippen LogP contribution is 2.08. The molecule has 2 heterocycles. The van der Waals surface area contributed by atoms with Crippen LogP contribution in [0.1, 0.15) is 31.5 Å². The molecule has 134 valence electrons. The zero-order chi connectivity index (χ0) is 16.5. The fourth-order valence-corrected chi connectivity index (χ4v) is 2.89. The maximum Gasteiger partial charge on any atom is 0.191 e. The van der Waals surface area contributed by atoms with Gasteiger partial charge in [-0.05, 0) is 25.3 Å². The van der Waals surface area contributed by atoms with Gasteiger partial charge in [0.05, 0.1) is 0 Å². The van der Waals surface area contributed by atoms with Crippen LogP contribution in [0.4, 0.5) is 0 Å². The van der Waals surface area contributed by atoms with E-state index in [1.54, 1.807) is 17.7 Å².